The van der Waals surface area contributed by atoms with E-state index in [9.17, 15) is 0 Å². The van der Waals surface area contributed by atoms with Crippen molar-refractivity contribution in [2.75, 3.05) is 0 Å². The van der Waals surface area contributed by atoms with Crippen molar-refractivity contribution in [1.82, 2.24) is 24.9 Å². The summed E-state index contributed by atoms with van der Waals surface area (Å²) >= 11 is 1.57. The molecule has 0 spiro atoms. The Bertz CT molecular complexity index is 1150. The van der Waals surface area contributed by atoms with Gasteiger partial charge in [0, 0.05) is 5.38 Å². The number of para-hydroxylation sites is 4. The second-order valence-corrected chi connectivity index (χ2v) is 6.77. The summed E-state index contributed by atoms with van der Waals surface area (Å²) in [5, 5.41) is 1.98. The Kier molecular flexibility index (Phi) is 4.19. The number of imidazole rings is 2. The van der Waals surface area contributed by atoms with Gasteiger partial charge >= 0.3 is 0 Å². The highest BCUT2D eigenvalue weighted by Crippen LogP contribution is 2.20. The van der Waals surface area contributed by atoms with Crippen molar-refractivity contribution in [3.63, 3.8) is 0 Å². The van der Waals surface area contributed by atoms with Crippen LogP contribution in [-0.4, -0.2) is 24.9 Å². The maximum Gasteiger partial charge on any atom is 0.174 e. The molecule has 4 heterocycles. The monoisotopic (exact) mass is 385 g/mol. The first-order valence-electron chi connectivity index (χ1n) is 8.69. The van der Waals surface area contributed by atoms with Gasteiger partial charge in [-0.1, -0.05) is 24.3 Å². The minimum Gasteiger partial charge on any atom is -0.461 e. The van der Waals surface area contributed by atoms with E-state index in [0.717, 1.165) is 45.2 Å². The molecule has 4 aromatic heterocycles. The van der Waals surface area contributed by atoms with Crippen LogP contribution in [0.5, 0.6) is 0 Å². The Labute approximate surface area is 163 Å². The molecule has 0 amide bonds. The van der Waals surface area contributed by atoms with E-state index < -0.39 is 0 Å². The van der Waals surface area contributed by atoms with Gasteiger partial charge < -0.3 is 14.4 Å². The van der Waals surface area contributed by atoms with Gasteiger partial charge in [-0.25, -0.2) is 15.0 Å². The van der Waals surface area contributed by atoms with Crippen molar-refractivity contribution in [2.24, 2.45) is 0 Å². The SMILES string of the molecule is c1ccc2[nH]c(-c3cscn3)nc2c1.c1coc(-c2nc3ccccc3[nH]2)c1. The number of aromatic nitrogens is 5. The maximum atomic E-state index is 5.26. The van der Waals surface area contributed by atoms with Crippen molar-refractivity contribution in [1.29, 1.82) is 0 Å². The molecule has 0 radical (unpaired) electrons. The molecule has 0 saturated carbocycles. The quantitative estimate of drug-likeness (QED) is 0.412. The molecular weight excluding hydrogens is 370 g/mol. The molecule has 6 aromatic rings. The average molecular weight is 385 g/mol. The number of fused-ring (bicyclic) bond motifs is 2. The highest BCUT2D eigenvalue weighted by Gasteiger charge is 2.06. The van der Waals surface area contributed by atoms with Gasteiger partial charge in [0.15, 0.2) is 17.4 Å². The summed E-state index contributed by atoms with van der Waals surface area (Å²) in [6.45, 7) is 0. The first kappa shape index (κ1) is 16.5. The zero-order chi connectivity index (χ0) is 18.8. The van der Waals surface area contributed by atoms with Gasteiger partial charge in [0.1, 0.15) is 5.69 Å². The Balaban J connectivity index is 0.000000122. The van der Waals surface area contributed by atoms with E-state index in [0.29, 0.717) is 0 Å². The summed E-state index contributed by atoms with van der Waals surface area (Å²) in [6.07, 6.45) is 1.64. The van der Waals surface area contributed by atoms with Gasteiger partial charge in [0.25, 0.3) is 0 Å². The van der Waals surface area contributed by atoms with Gasteiger partial charge in [0.2, 0.25) is 0 Å². The Morgan fingerprint density at radius 1 is 0.750 bits per heavy atom. The third-order valence-electron chi connectivity index (χ3n) is 4.21. The predicted octanol–water partition coefficient (Wildman–Crippen LogP) is 5.51. The lowest BCUT2D eigenvalue weighted by Crippen LogP contribution is -1.77. The standard InChI is InChI=1S/C11H8N2O.C10H7N3S/c1-2-5-9-8(4-1)12-11(13-9)10-6-3-7-14-10;1-2-4-8-7(3-1)12-10(13-8)9-5-14-6-11-9/h1-7H,(H,12,13);1-6H,(H,12,13). The van der Waals surface area contributed by atoms with Crippen molar-refractivity contribution in [3.8, 4) is 23.1 Å². The summed E-state index contributed by atoms with van der Waals surface area (Å²) in [6, 6.07) is 19.6. The van der Waals surface area contributed by atoms with Crippen molar-refractivity contribution in [2.45, 2.75) is 0 Å². The zero-order valence-electron chi connectivity index (χ0n) is 14.7. The van der Waals surface area contributed by atoms with Crippen LogP contribution in [0.25, 0.3) is 45.2 Å². The fourth-order valence-corrected chi connectivity index (χ4v) is 3.42. The summed E-state index contributed by atoms with van der Waals surface area (Å²) < 4.78 is 5.26. The molecule has 0 atom stereocenters. The second-order valence-electron chi connectivity index (χ2n) is 6.06. The minimum atomic E-state index is 0.765. The van der Waals surface area contributed by atoms with Crippen LogP contribution in [-0.2, 0) is 0 Å². The zero-order valence-corrected chi connectivity index (χ0v) is 15.5. The molecule has 0 saturated heterocycles. The highest BCUT2D eigenvalue weighted by atomic mass is 32.1. The van der Waals surface area contributed by atoms with Crippen molar-refractivity contribution < 1.29 is 4.42 Å². The van der Waals surface area contributed by atoms with Crippen LogP contribution in [0.15, 0.2) is 82.2 Å². The molecule has 7 heteroatoms. The smallest absolute Gasteiger partial charge is 0.174 e. The van der Waals surface area contributed by atoms with Gasteiger partial charge in [0.05, 0.1) is 33.8 Å². The predicted molar refractivity (Wildman–Crippen MR) is 111 cm³/mol. The molecule has 0 bridgehead atoms. The Hall–Kier alpha value is -3.71. The molecule has 2 aromatic carbocycles. The topological polar surface area (TPSA) is 83.4 Å². The molecule has 28 heavy (non-hydrogen) atoms. The fourth-order valence-electron chi connectivity index (χ4n) is 2.89. The van der Waals surface area contributed by atoms with Gasteiger partial charge in [-0.2, -0.15) is 0 Å². The van der Waals surface area contributed by atoms with E-state index >= 15 is 0 Å². The van der Waals surface area contributed by atoms with E-state index in [2.05, 4.69) is 24.9 Å². The number of hydrogen-bond donors (Lipinski definition) is 2. The van der Waals surface area contributed by atoms with Crippen LogP contribution >= 0.6 is 11.3 Å². The normalized spacial score (nSPS) is 10.9. The number of aromatic amines is 2. The molecule has 0 aliphatic rings. The number of furan rings is 1. The summed E-state index contributed by atoms with van der Waals surface area (Å²) in [7, 11) is 0. The lowest BCUT2D eigenvalue weighted by Gasteiger charge is -1.85. The van der Waals surface area contributed by atoms with Crippen LogP contribution in [0.3, 0.4) is 0 Å². The van der Waals surface area contributed by atoms with Crippen molar-refractivity contribution in [3.05, 3.63) is 77.8 Å². The molecule has 136 valence electrons. The number of nitrogens with one attached hydrogen (secondary N) is 2. The van der Waals surface area contributed by atoms with Crippen molar-refractivity contribution >= 4 is 33.4 Å². The number of benzene rings is 2. The lowest BCUT2D eigenvalue weighted by atomic mass is 10.3. The van der Waals surface area contributed by atoms with E-state index in [-0.39, 0.29) is 0 Å². The molecule has 0 aliphatic carbocycles. The van der Waals surface area contributed by atoms with Crippen LogP contribution in [0.4, 0.5) is 0 Å². The van der Waals surface area contributed by atoms with Gasteiger partial charge in [-0.05, 0) is 36.4 Å². The van der Waals surface area contributed by atoms with E-state index in [4.69, 9.17) is 4.42 Å². The van der Waals surface area contributed by atoms with Crippen LogP contribution in [0.2, 0.25) is 0 Å². The molecule has 0 unspecified atom stereocenters. The third kappa shape index (κ3) is 3.19. The number of hydrogen-bond acceptors (Lipinski definition) is 5. The average Bonchev–Trinajstić information content (AvgIpc) is 3.54. The van der Waals surface area contributed by atoms with Gasteiger partial charge in [-0.15, -0.1) is 11.3 Å². The Morgan fingerprint density at radius 2 is 1.43 bits per heavy atom. The largest absolute Gasteiger partial charge is 0.461 e. The fraction of sp³-hybridized carbons (Fsp3) is 0. The summed E-state index contributed by atoms with van der Waals surface area (Å²) in [4.78, 5) is 19.5. The summed E-state index contributed by atoms with van der Waals surface area (Å²) in [5.74, 6) is 2.38. The van der Waals surface area contributed by atoms with Gasteiger partial charge in [-0.3, -0.25) is 0 Å². The molecule has 6 nitrogen and oxygen atoms in total. The lowest BCUT2D eigenvalue weighted by molar-refractivity contribution is 0.578. The molecular formula is C21H15N5OS. The first-order chi connectivity index (χ1) is 13.9. The molecule has 0 aliphatic heterocycles. The molecule has 0 fully saturated rings. The second kappa shape index (κ2) is 7.13. The highest BCUT2D eigenvalue weighted by molar-refractivity contribution is 7.07. The third-order valence-corrected chi connectivity index (χ3v) is 4.79. The number of thiazole rings is 1. The van der Waals surface area contributed by atoms with Crippen LogP contribution < -0.4 is 0 Å². The number of nitrogens with zero attached hydrogens (tertiary/aromatic N) is 3. The van der Waals surface area contributed by atoms with E-state index in [1.54, 1.807) is 17.6 Å². The molecule has 6 rings (SSSR count). The maximum absolute atomic E-state index is 5.26. The van der Waals surface area contributed by atoms with Crippen LogP contribution in [0, 0.1) is 0 Å². The van der Waals surface area contributed by atoms with E-state index in [1.165, 1.54) is 0 Å². The summed E-state index contributed by atoms with van der Waals surface area (Å²) in [5.41, 5.74) is 6.73. The van der Waals surface area contributed by atoms with Crippen LogP contribution in [0.1, 0.15) is 0 Å². The number of H-pyrrole nitrogens is 2. The number of rotatable bonds is 2. The van der Waals surface area contributed by atoms with E-state index in [1.807, 2.05) is 71.6 Å². The molecule has 2 N–H and O–H groups in total. The first-order valence-corrected chi connectivity index (χ1v) is 9.63. The Morgan fingerprint density at radius 3 is 2.04 bits per heavy atom. The minimum absolute atomic E-state index is 0.765.